The van der Waals surface area contributed by atoms with E-state index in [1.54, 1.807) is 14.0 Å². The molecule has 1 aromatic rings. The SMILES string of the molecule is CCOC(=O)CCN(C)C(=O)c1ccc(F)cc1N. The number of ether oxygens (including phenoxy) is 1. The monoisotopic (exact) mass is 268 g/mol. The molecule has 19 heavy (non-hydrogen) atoms. The molecule has 0 aromatic heterocycles. The Hall–Kier alpha value is -2.11. The lowest BCUT2D eigenvalue weighted by atomic mass is 10.1. The number of anilines is 1. The third kappa shape index (κ3) is 4.24. The maximum atomic E-state index is 12.9. The minimum absolute atomic E-state index is 0.0768. The zero-order valence-electron chi connectivity index (χ0n) is 11.0. The van der Waals surface area contributed by atoms with Gasteiger partial charge < -0.3 is 15.4 Å². The standard InChI is InChI=1S/C13H17FN2O3/c1-3-19-12(17)6-7-16(2)13(18)10-5-4-9(14)8-11(10)15/h4-5,8H,3,6-7,15H2,1-2H3. The highest BCUT2D eigenvalue weighted by atomic mass is 19.1. The van der Waals surface area contributed by atoms with Crippen molar-refractivity contribution >= 4 is 17.6 Å². The van der Waals surface area contributed by atoms with Crippen molar-refractivity contribution in [3.63, 3.8) is 0 Å². The number of nitrogen functional groups attached to an aromatic ring is 1. The van der Waals surface area contributed by atoms with Crippen LogP contribution in [0.25, 0.3) is 0 Å². The van der Waals surface area contributed by atoms with Crippen LogP contribution in [0.1, 0.15) is 23.7 Å². The van der Waals surface area contributed by atoms with Crippen molar-refractivity contribution < 1.29 is 18.7 Å². The number of hydrogen-bond donors (Lipinski definition) is 1. The Morgan fingerprint density at radius 2 is 2.11 bits per heavy atom. The molecule has 0 aliphatic carbocycles. The predicted molar refractivity (Wildman–Crippen MR) is 69.0 cm³/mol. The first-order chi connectivity index (χ1) is 8.95. The largest absolute Gasteiger partial charge is 0.466 e. The normalized spacial score (nSPS) is 10.1. The van der Waals surface area contributed by atoms with Gasteiger partial charge in [0.15, 0.2) is 0 Å². The second-order valence-corrected chi connectivity index (χ2v) is 4.01. The first kappa shape index (κ1) is 14.9. The third-order valence-corrected chi connectivity index (χ3v) is 2.55. The van der Waals surface area contributed by atoms with Crippen molar-refractivity contribution in [2.45, 2.75) is 13.3 Å². The van der Waals surface area contributed by atoms with Crippen molar-refractivity contribution in [1.82, 2.24) is 4.90 Å². The molecule has 104 valence electrons. The van der Waals surface area contributed by atoms with Gasteiger partial charge in [-0.15, -0.1) is 0 Å². The molecule has 0 heterocycles. The van der Waals surface area contributed by atoms with Crippen LogP contribution in [-0.2, 0) is 9.53 Å². The van der Waals surface area contributed by atoms with Gasteiger partial charge in [0.25, 0.3) is 5.91 Å². The first-order valence-corrected chi connectivity index (χ1v) is 5.91. The zero-order valence-corrected chi connectivity index (χ0v) is 11.0. The smallest absolute Gasteiger partial charge is 0.307 e. The molecule has 0 atom stereocenters. The van der Waals surface area contributed by atoms with Gasteiger partial charge in [-0.05, 0) is 25.1 Å². The summed E-state index contributed by atoms with van der Waals surface area (Å²) in [6.45, 7) is 2.24. The van der Waals surface area contributed by atoms with Gasteiger partial charge in [0.1, 0.15) is 5.82 Å². The summed E-state index contributed by atoms with van der Waals surface area (Å²) >= 11 is 0. The van der Waals surface area contributed by atoms with Crippen molar-refractivity contribution in [2.24, 2.45) is 0 Å². The van der Waals surface area contributed by atoms with Gasteiger partial charge in [-0.1, -0.05) is 0 Å². The molecule has 2 N–H and O–H groups in total. The molecule has 0 fully saturated rings. The van der Waals surface area contributed by atoms with Crippen molar-refractivity contribution in [2.75, 3.05) is 25.9 Å². The van der Waals surface area contributed by atoms with Crippen LogP contribution in [0.5, 0.6) is 0 Å². The molecule has 1 aromatic carbocycles. The maximum Gasteiger partial charge on any atom is 0.307 e. The van der Waals surface area contributed by atoms with Gasteiger partial charge in [0, 0.05) is 19.3 Å². The number of nitrogens with two attached hydrogens (primary N) is 1. The Kier molecular flexibility index (Phi) is 5.29. The topological polar surface area (TPSA) is 72.6 Å². The van der Waals surface area contributed by atoms with Crippen LogP contribution in [0.4, 0.5) is 10.1 Å². The van der Waals surface area contributed by atoms with E-state index in [-0.39, 0.29) is 36.1 Å². The lowest BCUT2D eigenvalue weighted by molar-refractivity contribution is -0.143. The van der Waals surface area contributed by atoms with Crippen LogP contribution in [-0.4, -0.2) is 37.0 Å². The molecule has 1 rings (SSSR count). The van der Waals surface area contributed by atoms with Gasteiger partial charge in [-0.3, -0.25) is 9.59 Å². The first-order valence-electron chi connectivity index (χ1n) is 5.91. The molecule has 0 unspecified atom stereocenters. The van der Waals surface area contributed by atoms with E-state index in [2.05, 4.69) is 0 Å². The summed E-state index contributed by atoms with van der Waals surface area (Å²) in [5.41, 5.74) is 5.88. The number of carbonyl (C=O) groups is 2. The van der Waals surface area contributed by atoms with Crippen LogP contribution >= 0.6 is 0 Å². The number of esters is 1. The zero-order chi connectivity index (χ0) is 14.4. The molecular weight excluding hydrogens is 251 g/mol. The molecule has 0 bridgehead atoms. The second-order valence-electron chi connectivity index (χ2n) is 4.01. The van der Waals surface area contributed by atoms with E-state index in [1.807, 2.05) is 0 Å². The number of benzene rings is 1. The van der Waals surface area contributed by atoms with Crippen LogP contribution < -0.4 is 5.73 Å². The molecule has 0 saturated heterocycles. The quantitative estimate of drug-likeness (QED) is 0.647. The highest BCUT2D eigenvalue weighted by Crippen LogP contribution is 2.15. The molecule has 6 heteroatoms. The Labute approximate surface area is 111 Å². The Bertz CT molecular complexity index is 477. The van der Waals surface area contributed by atoms with Crippen molar-refractivity contribution in [3.05, 3.63) is 29.6 Å². The summed E-state index contributed by atoms with van der Waals surface area (Å²) in [5.74, 6) is -1.22. The number of nitrogens with zero attached hydrogens (tertiary/aromatic N) is 1. The Balaban J connectivity index is 2.64. The molecule has 5 nitrogen and oxygen atoms in total. The number of amides is 1. The molecule has 1 amide bonds. The van der Waals surface area contributed by atoms with E-state index in [0.717, 1.165) is 6.07 Å². The maximum absolute atomic E-state index is 12.9. The summed E-state index contributed by atoms with van der Waals surface area (Å²) in [4.78, 5) is 24.6. The second kappa shape index (κ2) is 6.72. The summed E-state index contributed by atoms with van der Waals surface area (Å²) in [5, 5.41) is 0. The van der Waals surface area contributed by atoms with E-state index in [0.29, 0.717) is 6.61 Å². The van der Waals surface area contributed by atoms with E-state index in [9.17, 15) is 14.0 Å². The molecule has 0 radical (unpaired) electrons. The van der Waals surface area contributed by atoms with Crippen LogP contribution in [0.15, 0.2) is 18.2 Å². The number of hydrogen-bond acceptors (Lipinski definition) is 4. The van der Waals surface area contributed by atoms with Gasteiger partial charge in [0.2, 0.25) is 0 Å². The van der Waals surface area contributed by atoms with Crippen LogP contribution in [0.3, 0.4) is 0 Å². The Morgan fingerprint density at radius 1 is 1.42 bits per heavy atom. The molecule has 0 saturated carbocycles. The van der Waals surface area contributed by atoms with E-state index in [4.69, 9.17) is 10.5 Å². The number of halogens is 1. The van der Waals surface area contributed by atoms with Crippen molar-refractivity contribution in [3.8, 4) is 0 Å². The third-order valence-electron chi connectivity index (χ3n) is 2.55. The molecular formula is C13H17FN2O3. The highest BCUT2D eigenvalue weighted by Gasteiger charge is 2.16. The van der Waals surface area contributed by atoms with Gasteiger partial charge >= 0.3 is 5.97 Å². The van der Waals surface area contributed by atoms with Gasteiger partial charge in [-0.25, -0.2) is 4.39 Å². The highest BCUT2D eigenvalue weighted by molar-refractivity contribution is 5.99. The minimum atomic E-state index is -0.497. The van der Waals surface area contributed by atoms with Gasteiger partial charge in [0.05, 0.1) is 18.6 Å². The summed E-state index contributed by atoms with van der Waals surface area (Å²) < 4.78 is 17.7. The fourth-order valence-electron chi connectivity index (χ4n) is 1.53. The fourth-order valence-corrected chi connectivity index (χ4v) is 1.53. The Morgan fingerprint density at radius 3 is 2.68 bits per heavy atom. The van der Waals surface area contributed by atoms with Crippen LogP contribution in [0, 0.1) is 5.82 Å². The number of carbonyl (C=O) groups excluding carboxylic acids is 2. The van der Waals surface area contributed by atoms with E-state index in [1.165, 1.54) is 17.0 Å². The predicted octanol–water partition coefficient (Wildman–Crippen LogP) is 1.43. The summed E-state index contributed by atoms with van der Waals surface area (Å²) in [7, 11) is 1.55. The fraction of sp³-hybridized carbons (Fsp3) is 0.385. The molecule has 0 aliphatic heterocycles. The number of rotatable bonds is 5. The lowest BCUT2D eigenvalue weighted by Gasteiger charge is -2.17. The average molecular weight is 268 g/mol. The summed E-state index contributed by atoms with van der Waals surface area (Å²) in [6, 6.07) is 3.59. The van der Waals surface area contributed by atoms with E-state index < -0.39 is 5.82 Å². The minimum Gasteiger partial charge on any atom is -0.466 e. The van der Waals surface area contributed by atoms with E-state index >= 15 is 0 Å². The lowest BCUT2D eigenvalue weighted by Crippen LogP contribution is -2.30. The molecule has 0 spiro atoms. The van der Waals surface area contributed by atoms with Gasteiger partial charge in [-0.2, -0.15) is 0 Å². The summed E-state index contributed by atoms with van der Waals surface area (Å²) in [6.07, 6.45) is 0.108. The average Bonchev–Trinajstić information content (AvgIpc) is 2.35. The van der Waals surface area contributed by atoms with Crippen LogP contribution in [0.2, 0.25) is 0 Å². The van der Waals surface area contributed by atoms with Crippen molar-refractivity contribution in [1.29, 1.82) is 0 Å². The molecule has 0 aliphatic rings.